The topological polar surface area (TPSA) is 210 Å². The highest BCUT2D eigenvalue weighted by molar-refractivity contribution is 7.97. The van der Waals surface area contributed by atoms with Crippen molar-refractivity contribution in [2.45, 2.75) is 76.0 Å². The molecule has 41 heavy (non-hydrogen) atoms. The first-order valence-electron chi connectivity index (χ1n) is 13.1. The van der Waals surface area contributed by atoms with Gasteiger partial charge in [-0.05, 0) is 25.3 Å². The van der Waals surface area contributed by atoms with Crippen LogP contribution in [0.3, 0.4) is 0 Å². The summed E-state index contributed by atoms with van der Waals surface area (Å²) in [5.41, 5.74) is -0.439. The van der Waals surface area contributed by atoms with Crippen molar-refractivity contribution in [3.8, 4) is 6.07 Å². The minimum Gasteiger partial charge on any atom is -0.438 e. The quantitative estimate of drug-likeness (QED) is 0.114. The molecule has 14 nitrogen and oxygen atoms in total. The maximum atomic E-state index is 12.7. The van der Waals surface area contributed by atoms with Crippen molar-refractivity contribution in [1.82, 2.24) is 9.55 Å². The Labute approximate surface area is 241 Å². The fourth-order valence-corrected chi connectivity index (χ4v) is 8.93. The number of nitriles is 1. The lowest BCUT2D eigenvalue weighted by atomic mass is 10.1. The molecule has 4 rings (SSSR count). The van der Waals surface area contributed by atoms with Gasteiger partial charge in [-0.2, -0.15) is 5.26 Å². The minimum absolute atomic E-state index is 0.0635. The number of aromatic nitrogens is 2. The van der Waals surface area contributed by atoms with Gasteiger partial charge in [0.2, 0.25) is 6.79 Å². The Kier molecular flexibility index (Phi) is 9.98. The second kappa shape index (κ2) is 12.9. The maximum Gasteiger partial charge on any atom is 0.346 e. The second-order valence-corrected chi connectivity index (χ2v) is 14.8. The number of aliphatic hydroxyl groups excluding tert-OH is 2. The van der Waals surface area contributed by atoms with Crippen molar-refractivity contribution < 1.29 is 46.9 Å². The van der Waals surface area contributed by atoms with Crippen LogP contribution in [0.25, 0.3) is 11.0 Å². The number of aliphatic hydroxyl groups is 2. The van der Waals surface area contributed by atoms with E-state index in [1.165, 1.54) is 10.8 Å². The molecular formula is C24H32ClN4O10PS. The number of nitrogens with zero attached hydrogens (tertiary/aromatic N) is 3. The number of anilines is 1. The summed E-state index contributed by atoms with van der Waals surface area (Å²) >= 11 is 6.33. The van der Waals surface area contributed by atoms with Crippen molar-refractivity contribution in [3.05, 3.63) is 23.0 Å². The molecule has 1 aliphatic carbocycles. The number of sulfone groups is 1. The van der Waals surface area contributed by atoms with Crippen LogP contribution < -0.4 is 5.32 Å². The Morgan fingerprint density at radius 2 is 2.05 bits per heavy atom. The molecule has 2 fully saturated rings. The van der Waals surface area contributed by atoms with E-state index in [1.54, 1.807) is 13.0 Å². The van der Waals surface area contributed by atoms with Crippen LogP contribution in [0.15, 0.2) is 12.3 Å². The van der Waals surface area contributed by atoms with Crippen LogP contribution in [0.4, 0.5) is 5.69 Å². The van der Waals surface area contributed by atoms with E-state index in [1.807, 2.05) is 0 Å². The molecule has 17 heteroatoms. The average Bonchev–Trinajstić information content (AvgIpc) is 3.60. The van der Waals surface area contributed by atoms with Crippen LogP contribution in [-0.4, -0.2) is 81.4 Å². The zero-order valence-electron chi connectivity index (χ0n) is 22.2. The van der Waals surface area contributed by atoms with Gasteiger partial charge in [-0.1, -0.05) is 31.4 Å². The molecule has 2 aromatic rings. The smallest absolute Gasteiger partial charge is 0.346 e. The number of pyridine rings is 1. The zero-order chi connectivity index (χ0) is 29.9. The van der Waals surface area contributed by atoms with E-state index in [2.05, 4.69) is 25.6 Å². The molecule has 1 aliphatic heterocycles. The van der Waals surface area contributed by atoms with Gasteiger partial charge in [0.1, 0.15) is 35.6 Å². The highest BCUT2D eigenvalue weighted by Gasteiger charge is 2.47. The standard InChI is InChI=1S/C24H32ClN4O10PS/c1-2-5-18(30)37-12-38-40(33,34)13-41(35,36)11-17-20(31)21(32)24(39-17)29-9-8-15-19(27-14-6-3-4-7-14)16(10-26)22(25)28-23(15)29/h8-9,14,17,20-21,24,31-32H,2-7,11-13H2,1H3,(H,27,28)(H,33,34)/t17-,20-,21-,24-/m1/s1. The Bertz CT molecular complexity index is 1470. The van der Waals surface area contributed by atoms with E-state index in [0.29, 0.717) is 17.5 Å². The molecular weight excluding hydrogens is 603 g/mol. The summed E-state index contributed by atoms with van der Waals surface area (Å²) in [6, 6.07) is 3.86. The van der Waals surface area contributed by atoms with Gasteiger partial charge in [-0.25, -0.2) is 13.4 Å². The molecule has 5 atom stereocenters. The summed E-state index contributed by atoms with van der Waals surface area (Å²) in [7, 11) is -9.11. The van der Waals surface area contributed by atoms with Crippen molar-refractivity contribution in [3.63, 3.8) is 0 Å². The molecule has 0 spiro atoms. The highest BCUT2D eigenvalue weighted by atomic mass is 35.5. The van der Waals surface area contributed by atoms with Gasteiger partial charge in [-0.3, -0.25) is 13.9 Å². The van der Waals surface area contributed by atoms with Crippen molar-refractivity contribution in [2.75, 3.05) is 23.4 Å². The molecule has 3 heterocycles. The Balaban J connectivity index is 1.50. The normalized spacial score (nSPS) is 24.8. The van der Waals surface area contributed by atoms with Crippen LogP contribution in [0, 0.1) is 11.3 Å². The van der Waals surface area contributed by atoms with Crippen LogP contribution in [0.5, 0.6) is 0 Å². The van der Waals surface area contributed by atoms with Gasteiger partial charge in [-0.15, -0.1) is 0 Å². The number of fused-ring (bicyclic) bond motifs is 1. The number of hydrogen-bond acceptors (Lipinski definition) is 12. The molecule has 1 saturated carbocycles. The SMILES string of the molecule is CCCC(=O)OCOP(=O)(O)CS(=O)(=O)C[C@H]1O[C@@H](n2ccc3c(NC4CCCC4)c(C#N)c(Cl)nc32)[C@H](O)[C@@H]1O. The molecule has 1 saturated heterocycles. The van der Waals surface area contributed by atoms with Crippen LogP contribution in [0.2, 0.25) is 5.15 Å². The predicted molar refractivity (Wildman–Crippen MR) is 147 cm³/mol. The number of carbonyl (C=O) groups excluding carboxylic acids is 1. The van der Waals surface area contributed by atoms with Crippen LogP contribution >= 0.6 is 19.2 Å². The van der Waals surface area contributed by atoms with E-state index in [0.717, 1.165) is 25.7 Å². The Hall–Kier alpha value is -2.28. The number of ether oxygens (including phenoxy) is 2. The van der Waals surface area contributed by atoms with Gasteiger partial charge >= 0.3 is 13.6 Å². The van der Waals surface area contributed by atoms with Gasteiger partial charge in [0.15, 0.2) is 26.7 Å². The minimum atomic E-state index is -4.74. The first kappa shape index (κ1) is 31.7. The van der Waals surface area contributed by atoms with Crippen LogP contribution in [-0.2, 0) is 33.2 Å². The predicted octanol–water partition coefficient (Wildman–Crippen LogP) is 2.41. The van der Waals surface area contributed by atoms with Crippen molar-refractivity contribution >= 4 is 51.7 Å². The molecule has 0 amide bonds. The number of carbonyl (C=O) groups is 1. The van der Waals surface area contributed by atoms with Crippen molar-refractivity contribution in [1.29, 1.82) is 5.26 Å². The third-order valence-electron chi connectivity index (χ3n) is 6.95. The largest absolute Gasteiger partial charge is 0.438 e. The lowest BCUT2D eigenvalue weighted by molar-refractivity contribution is -0.150. The summed E-state index contributed by atoms with van der Waals surface area (Å²) in [6.45, 7) is 0.833. The lowest BCUT2D eigenvalue weighted by Crippen LogP contribution is -2.36. The molecule has 0 bridgehead atoms. The second-order valence-electron chi connectivity index (χ2n) is 10.1. The molecule has 0 aromatic carbocycles. The van der Waals surface area contributed by atoms with Gasteiger partial charge < -0.3 is 34.5 Å². The summed E-state index contributed by atoms with van der Waals surface area (Å²) < 4.78 is 54.1. The fraction of sp³-hybridized carbons (Fsp3) is 0.625. The third-order valence-corrected chi connectivity index (χ3v) is 11.4. The van der Waals surface area contributed by atoms with Gasteiger partial charge in [0.25, 0.3) is 0 Å². The van der Waals surface area contributed by atoms with Crippen molar-refractivity contribution in [2.24, 2.45) is 0 Å². The maximum absolute atomic E-state index is 12.7. The average molecular weight is 635 g/mol. The van der Waals surface area contributed by atoms with E-state index in [4.69, 9.17) is 16.3 Å². The number of hydrogen-bond donors (Lipinski definition) is 4. The zero-order valence-corrected chi connectivity index (χ0v) is 24.6. The number of esters is 1. The molecule has 2 aliphatic rings. The summed E-state index contributed by atoms with van der Waals surface area (Å²) in [4.78, 5) is 25.6. The van der Waals surface area contributed by atoms with Gasteiger partial charge in [0.05, 0.1) is 11.4 Å². The highest BCUT2D eigenvalue weighted by Crippen LogP contribution is 2.44. The summed E-state index contributed by atoms with van der Waals surface area (Å²) in [5, 5.41) is 34.9. The first-order valence-corrected chi connectivity index (χ1v) is 17.0. The van der Waals surface area contributed by atoms with E-state index in [9.17, 15) is 38.1 Å². The Morgan fingerprint density at radius 3 is 2.71 bits per heavy atom. The van der Waals surface area contributed by atoms with E-state index < -0.39 is 66.0 Å². The molecule has 0 radical (unpaired) electrons. The van der Waals surface area contributed by atoms with Gasteiger partial charge in [0, 0.05) is 24.0 Å². The number of nitrogens with one attached hydrogen (secondary N) is 1. The fourth-order valence-electron chi connectivity index (χ4n) is 5.01. The monoisotopic (exact) mass is 634 g/mol. The van der Waals surface area contributed by atoms with Crippen LogP contribution in [0.1, 0.15) is 57.2 Å². The lowest BCUT2D eigenvalue weighted by Gasteiger charge is -2.19. The number of rotatable bonds is 12. The molecule has 2 aromatic heterocycles. The summed E-state index contributed by atoms with van der Waals surface area (Å²) in [6.07, 6.45) is 0.00486. The van der Waals surface area contributed by atoms with E-state index in [-0.39, 0.29) is 28.8 Å². The number of halogens is 1. The molecule has 1 unspecified atom stereocenters. The Morgan fingerprint density at radius 1 is 1.34 bits per heavy atom. The third kappa shape index (κ3) is 7.39. The summed E-state index contributed by atoms with van der Waals surface area (Å²) in [5.74, 6) is -1.58. The molecule has 4 N–H and O–H groups in total. The van der Waals surface area contributed by atoms with E-state index >= 15 is 0 Å². The molecule has 226 valence electrons. The first-order chi connectivity index (χ1) is 19.4.